The van der Waals surface area contributed by atoms with Crippen molar-refractivity contribution in [2.75, 3.05) is 35.9 Å². The van der Waals surface area contributed by atoms with Gasteiger partial charge in [-0.3, -0.25) is 9.10 Å². The molecule has 0 fully saturated rings. The number of anilines is 2. The number of likely N-dealkylation sites (N-methyl/N-ethyl adjacent to an activating group) is 1. The van der Waals surface area contributed by atoms with Gasteiger partial charge < -0.3 is 10.2 Å². The van der Waals surface area contributed by atoms with Crippen LogP contribution in [0, 0.1) is 20.8 Å². The number of nitrogens with zero attached hydrogens (tertiary/aromatic N) is 2. The third-order valence-corrected chi connectivity index (χ3v) is 7.48. The van der Waals surface area contributed by atoms with Crippen LogP contribution in [0.4, 0.5) is 11.4 Å². The van der Waals surface area contributed by atoms with Gasteiger partial charge in [-0.1, -0.05) is 48.0 Å². The van der Waals surface area contributed by atoms with Gasteiger partial charge in [-0.2, -0.15) is 0 Å². The summed E-state index contributed by atoms with van der Waals surface area (Å²) in [6.45, 7) is 6.40. The zero-order valence-electron chi connectivity index (χ0n) is 19.6. The fourth-order valence-corrected chi connectivity index (χ4v) is 4.98. The van der Waals surface area contributed by atoms with Crippen LogP contribution in [0.15, 0.2) is 77.7 Å². The highest BCUT2D eigenvalue weighted by atomic mass is 32.2. The van der Waals surface area contributed by atoms with E-state index in [2.05, 4.69) is 5.32 Å². The molecule has 0 atom stereocenters. The number of aryl methyl sites for hydroxylation is 2. The molecule has 0 aromatic heterocycles. The second-order valence-electron chi connectivity index (χ2n) is 8.15. The van der Waals surface area contributed by atoms with E-state index in [0.717, 1.165) is 22.4 Å². The normalized spacial score (nSPS) is 11.2. The van der Waals surface area contributed by atoms with E-state index in [4.69, 9.17) is 0 Å². The van der Waals surface area contributed by atoms with Crippen molar-refractivity contribution in [2.24, 2.45) is 0 Å². The van der Waals surface area contributed by atoms with Gasteiger partial charge in [0.25, 0.3) is 10.0 Å². The molecule has 0 aliphatic carbocycles. The average Bonchev–Trinajstić information content (AvgIpc) is 2.80. The number of sulfonamides is 1. The molecule has 3 rings (SSSR count). The van der Waals surface area contributed by atoms with Gasteiger partial charge in [-0.05, 0) is 62.2 Å². The van der Waals surface area contributed by atoms with Crippen LogP contribution in [0.25, 0.3) is 0 Å². The number of nitrogens with one attached hydrogen (secondary N) is 1. The molecule has 0 unspecified atom stereocenters. The number of rotatable bonds is 9. The summed E-state index contributed by atoms with van der Waals surface area (Å²) in [7, 11) is -1.98. The quantitative estimate of drug-likeness (QED) is 0.517. The summed E-state index contributed by atoms with van der Waals surface area (Å²) < 4.78 is 28.3. The lowest BCUT2D eigenvalue weighted by Gasteiger charge is -2.26. The molecular formula is C26H31N3O3S. The van der Waals surface area contributed by atoms with Crippen LogP contribution >= 0.6 is 0 Å². The van der Waals surface area contributed by atoms with Crippen LogP contribution in [0.3, 0.4) is 0 Å². The molecular weight excluding hydrogens is 434 g/mol. The van der Waals surface area contributed by atoms with E-state index in [1.807, 2.05) is 75.2 Å². The minimum Gasteiger partial charge on any atom is -0.373 e. The Morgan fingerprint density at radius 3 is 2.21 bits per heavy atom. The van der Waals surface area contributed by atoms with Crippen LogP contribution in [0.5, 0.6) is 0 Å². The summed E-state index contributed by atoms with van der Waals surface area (Å²) in [4.78, 5) is 15.0. The molecule has 0 heterocycles. The van der Waals surface area contributed by atoms with Crippen LogP contribution < -0.4 is 14.5 Å². The smallest absolute Gasteiger partial charge is 0.264 e. The highest BCUT2D eigenvalue weighted by molar-refractivity contribution is 7.92. The van der Waals surface area contributed by atoms with Crippen LogP contribution in [0.1, 0.15) is 16.7 Å². The monoisotopic (exact) mass is 465 g/mol. The van der Waals surface area contributed by atoms with E-state index in [-0.39, 0.29) is 17.3 Å². The van der Waals surface area contributed by atoms with Crippen molar-refractivity contribution < 1.29 is 13.2 Å². The Labute approximate surface area is 196 Å². The fraction of sp³-hybridized carbons (Fsp3) is 0.269. The molecule has 1 N–H and O–H groups in total. The summed E-state index contributed by atoms with van der Waals surface area (Å²) in [5, 5.41) is 2.86. The first-order valence-electron chi connectivity index (χ1n) is 10.9. The highest BCUT2D eigenvalue weighted by Gasteiger charge is 2.28. The summed E-state index contributed by atoms with van der Waals surface area (Å²) in [5.74, 6) is -0.354. The Balaban J connectivity index is 1.79. The molecule has 1 amide bonds. The summed E-state index contributed by atoms with van der Waals surface area (Å²) in [5.41, 5.74) is 4.30. The molecule has 3 aromatic carbocycles. The molecule has 33 heavy (non-hydrogen) atoms. The zero-order chi connectivity index (χ0) is 24.0. The van der Waals surface area contributed by atoms with Gasteiger partial charge in [0.2, 0.25) is 5.91 Å². The highest BCUT2D eigenvalue weighted by Crippen LogP contribution is 2.28. The lowest BCUT2D eigenvalue weighted by Crippen LogP contribution is -2.43. The van der Waals surface area contributed by atoms with Gasteiger partial charge in [-0.15, -0.1) is 0 Å². The molecule has 3 aromatic rings. The van der Waals surface area contributed by atoms with Gasteiger partial charge >= 0.3 is 0 Å². The first-order valence-corrected chi connectivity index (χ1v) is 12.3. The summed E-state index contributed by atoms with van der Waals surface area (Å²) in [6.07, 6.45) is 0. The van der Waals surface area contributed by atoms with E-state index in [1.165, 1.54) is 4.31 Å². The fourth-order valence-electron chi connectivity index (χ4n) is 3.50. The van der Waals surface area contributed by atoms with Crippen molar-refractivity contribution >= 4 is 27.3 Å². The lowest BCUT2D eigenvalue weighted by atomic mass is 10.1. The zero-order valence-corrected chi connectivity index (χ0v) is 20.4. The minimum absolute atomic E-state index is 0.158. The number of carbonyl (C=O) groups is 1. The number of hydrogen-bond donors (Lipinski definition) is 1. The van der Waals surface area contributed by atoms with Gasteiger partial charge in [0.1, 0.15) is 6.54 Å². The van der Waals surface area contributed by atoms with E-state index in [9.17, 15) is 13.2 Å². The molecule has 0 bridgehead atoms. The third kappa shape index (κ3) is 5.93. The summed E-state index contributed by atoms with van der Waals surface area (Å²) >= 11 is 0. The Bertz CT molecular complexity index is 1190. The van der Waals surface area contributed by atoms with Crippen LogP contribution in [0.2, 0.25) is 0 Å². The molecule has 6 nitrogen and oxygen atoms in total. The van der Waals surface area contributed by atoms with E-state index >= 15 is 0 Å². The molecule has 0 radical (unpaired) electrons. The van der Waals surface area contributed by atoms with Gasteiger partial charge in [-0.25, -0.2) is 8.42 Å². The number of para-hydroxylation sites is 1. The topological polar surface area (TPSA) is 69.7 Å². The Hall–Kier alpha value is -3.32. The van der Waals surface area contributed by atoms with Gasteiger partial charge in [0.05, 0.1) is 10.6 Å². The number of hydrogen-bond acceptors (Lipinski definition) is 4. The van der Waals surface area contributed by atoms with Gasteiger partial charge in [0.15, 0.2) is 0 Å². The molecule has 0 saturated carbocycles. The van der Waals surface area contributed by atoms with Crippen molar-refractivity contribution in [1.82, 2.24) is 5.32 Å². The van der Waals surface area contributed by atoms with Crippen molar-refractivity contribution in [3.8, 4) is 0 Å². The molecule has 0 aliphatic rings. The Morgan fingerprint density at radius 2 is 1.55 bits per heavy atom. The van der Waals surface area contributed by atoms with Crippen molar-refractivity contribution in [1.29, 1.82) is 0 Å². The molecule has 0 aliphatic heterocycles. The maximum Gasteiger partial charge on any atom is 0.264 e. The first-order chi connectivity index (χ1) is 15.7. The molecule has 7 heteroatoms. The maximum absolute atomic E-state index is 13.5. The molecule has 0 saturated heterocycles. The van der Waals surface area contributed by atoms with Crippen molar-refractivity contribution in [2.45, 2.75) is 25.7 Å². The van der Waals surface area contributed by atoms with Crippen molar-refractivity contribution in [3.05, 3.63) is 89.5 Å². The van der Waals surface area contributed by atoms with E-state index in [0.29, 0.717) is 18.8 Å². The maximum atomic E-state index is 13.5. The van der Waals surface area contributed by atoms with E-state index in [1.54, 1.807) is 30.3 Å². The first kappa shape index (κ1) is 24.3. The van der Waals surface area contributed by atoms with Gasteiger partial charge in [0, 0.05) is 25.8 Å². The molecule has 174 valence electrons. The number of amides is 1. The average molecular weight is 466 g/mol. The second kappa shape index (κ2) is 10.5. The minimum atomic E-state index is -3.93. The predicted molar refractivity (Wildman–Crippen MR) is 134 cm³/mol. The number of carbonyl (C=O) groups excluding carboxylic acids is 1. The largest absolute Gasteiger partial charge is 0.373 e. The van der Waals surface area contributed by atoms with Crippen LogP contribution in [-0.4, -0.2) is 41.0 Å². The van der Waals surface area contributed by atoms with Crippen LogP contribution in [-0.2, 0) is 14.8 Å². The van der Waals surface area contributed by atoms with E-state index < -0.39 is 10.0 Å². The Kier molecular flexibility index (Phi) is 7.76. The molecule has 0 spiro atoms. The van der Waals surface area contributed by atoms with Crippen molar-refractivity contribution in [3.63, 3.8) is 0 Å². The lowest BCUT2D eigenvalue weighted by molar-refractivity contribution is -0.119. The third-order valence-electron chi connectivity index (χ3n) is 5.71. The predicted octanol–water partition coefficient (Wildman–Crippen LogP) is 4.06. The summed E-state index contributed by atoms with van der Waals surface area (Å²) in [6, 6.07) is 22.0. The Morgan fingerprint density at radius 1 is 0.879 bits per heavy atom. The standard InChI is InChI=1S/C26H31N3O3S/c1-20-13-15-24(16-14-20)33(31,32)29(25-12-8-9-21(2)22(25)3)19-26(30)27-17-18-28(4)23-10-6-5-7-11-23/h5-16H,17-19H2,1-4H3,(H,27,30). The SMILES string of the molecule is Cc1ccc(S(=O)(=O)N(CC(=O)NCCN(C)c2ccccc2)c2cccc(C)c2C)cc1. The second-order valence-corrected chi connectivity index (χ2v) is 10.0. The number of benzene rings is 3.